The van der Waals surface area contributed by atoms with Crippen molar-refractivity contribution in [3.05, 3.63) is 84.7 Å². The van der Waals surface area contributed by atoms with E-state index in [0.29, 0.717) is 11.0 Å². The van der Waals surface area contributed by atoms with Gasteiger partial charge in [0.15, 0.2) is 11.0 Å². The zero-order chi connectivity index (χ0) is 23.4. The predicted molar refractivity (Wildman–Crippen MR) is 134 cm³/mol. The normalized spacial score (nSPS) is 12.4. The van der Waals surface area contributed by atoms with Crippen molar-refractivity contribution >= 4 is 23.4 Å². The first-order valence-corrected chi connectivity index (χ1v) is 11.7. The first-order chi connectivity index (χ1) is 15.8. The lowest BCUT2D eigenvalue weighted by Gasteiger charge is -2.19. The lowest BCUT2D eigenvalue weighted by Crippen LogP contribution is -2.23. The Morgan fingerprint density at radius 1 is 0.939 bits per heavy atom. The van der Waals surface area contributed by atoms with Gasteiger partial charge in [-0.05, 0) is 54.3 Å². The second kappa shape index (κ2) is 9.58. The van der Waals surface area contributed by atoms with Crippen molar-refractivity contribution in [1.29, 1.82) is 0 Å². The van der Waals surface area contributed by atoms with Gasteiger partial charge >= 0.3 is 0 Å². The zero-order valence-corrected chi connectivity index (χ0v) is 20.0. The third-order valence-electron chi connectivity index (χ3n) is 5.26. The number of carbonyl (C=O) groups is 1. The molecule has 0 aliphatic rings. The van der Waals surface area contributed by atoms with E-state index in [-0.39, 0.29) is 16.6 Å². The summed E-state index contributed by atoms with van der Waals surface area (Å²) in [6.45, 7) is 8.38. The number of carbonyl (C=O) groups excluding carboxylic acids is 1. The molecule has 1 N–H and O–H groups in total. The van der Waals surface area contributed by atoms with Crippen LogP contribution in [-0.4, -0.2) is 30.9 Å². The minimum Gasteiger partial charge on any atom is -0.325 e. The summed E-state index contributed by atoms with van der Waals surface area (Å²) in [7, 11) is 0. The second-order valence-electron chi connectivity index (χ2n) is 8.79. The number of nitrogens with one attached hydrogen (secondary N) is 1. The molecule has 0 saturated heterocycles. The Morgan fingerprint density at radius 2 is 1.61 bits per heavy atom. The summed E-state index contributed by atoms with van der Waals surface area (Å²) in [5, 5.41) is 12.1. The summed E-state index contributed by atoms with van der Waals surface area (Å²) in [6, 6.07) is 21.7. The Bertz CT molecular complexity index is 1220. The third-order valence-corrected chi connectivity index (χ3v) is 6.30. The lowest BCUT2D eigenvalue weighted by atomic mass is 9.87. The molecule has 2 aromatic carbocycles. The minimum absolute atomic E-state index is 0.0692. The van der Waals surface area contributed by atoms with E-state index in [9.17, 15) is 4.79 Å². The molecule has 1 amide bonds. The number of anilines is 1. The number of rotatable bonds is 6. The Labute approximate surface area is 198 Å². The largest absolute Gasteiger partial charge is 0.325 e. The Morgan fingerprint density at radius 3 is 2.24 bits per heavy atom. The fraction of sp³-hybridized carbons (Fsp3) is 0.231. The molecule has 33 heavy (non-hydrogen) atoms. The van der Waals surface area contributed by atoms with Crippen LogP contribution in [-0.2, 0) is 10.2 Å². The van der Waals surface area contributed by atoms with Gasteiger partial charge in [0, 0.05) is 29.3 Å². The maximum atomic E-state index is 12.9. The molecular formula is C26H27N5OS. The van der Waals surface area contributed by atoms with Crippen molar-refractivity contribution in [2.24, 2.45) is 0 Å². The van der Waals surface area contributed by atoms with Gasteiger partial charge in [-0.1, -0.05) is 62.9 Å². The Balaban J connectivity index is 1.56. The molecule has 4 rings (SSSR count). The molecule has 4 aromatic rings. The smallest absolute Gasteiger partial charge is 0.237 e. The SMILES string of the molecule is CC(Sc1nnc(-c2ccncc2)n1-c1ccccc1)C(=O)Nc1ccc(C(C)(C)C)cc1. The van der Waals surface area contributed by atoms with E-state index >= 15 is 0 Å². The molecule has 0 saturated carbocycles. The molecule has 0 spiro atoms. The van der Waals surface area contributed by atoms with Crippen LogP contribution in [0.3, 0.4) is 0 Å². The van der Waals surface area contributed by atoms with Gasteiger partial charge in [0.05, 0.1) is 5.25 Å². The number of benzene rings is 2. The first-order valence-electron chi connectivity index (χ1n) is 10.8. The zero-order valence-electron chi connectivity index (χ0n) is 19.2. The van der Waals surface area contributed by atoms with Crippen molar-refractivity contribution in [2.45, 2.75) is 43.5 Å². The highest BCUT2D eigenvalue weighted by Gasteiger charge is 2.22. The molecule has 0 radical (unpaired) electrons. The molecule has 1 atom stereocenters. The molecular weight excluding hydrogens is 430 g/mol. The van der Waals surface area contributed by atoms with E-state index in [2.05, 4.69) is 53.4 Å². The highest BCUT2D eigenvalue weighted by Crippen LogP contribution is 2.30. The predicted octanol–water partition coefficient (Wildman–Crippen LogP) is 5.75. The molecule has 168 valence electrons. The molecule has 2 aromatic heterocycles. The number of hydrogen-bond donors (Lipinski definition) is 1. The highest BCUT2D eigenvalue weighted by atomic mass is 32.2. The number of hydrogen-bond acceptors (Lipinski definition) is 5. The maximum absolute atomic E-state index is 12.9. The van der Waals surface area contributed by atoms with E-state index in [0.717, 1.165) is 16.9 Å². The first kappa shape index (κ1) is 22.7. The number of aromatic nitrogens is 4. The van der Waals surface area contributed by atoms with Crippen molar-refractivity contribution in [2.75, 3.05) is 5.32 Å². The average Bonchev–Trinajstić information content (AvgIpc) is 3.23. The molecule has 0 aliphatic carbocycles. The third kappa shape index (κ3) is 5.31. The van der Waals surface area contributed by atoms with Crippen LogP contribution in [0.5, 0.6) is 0 Å². The fourth-order valence-corrected chi connectivity index (χ4v) is 4.22. The van der Waals surface area contributed by atoms with Crippen LogP contribution in [0.2, 0.25) is 0 Å². The van der Waals surface area contributed by atoms with E-state index in [4.69, 9.17) is 0 Å². The van der Waals surface area contributed by atoms with Gasteiger partial charge in [0.2, 0.25) is 5.91 Å². The minimum atomic E-state index is -0.371. The Kier molecular flexibility index (Phi) is 6.60. The maximum Gasteiger partial charge on any atom is 0.237 e. The monoisotopic (exact) mass is 457 g/mol. The lowest BCUT2D eigenvalue weighted by molar-refractivity contribution is -0.115. The fourth-order valence-electron chi connectivity index (χ4n) is 3.35. The van der Waals surface area contributed by atoms with Gasteiger partial charge < -0.3 is 5.32 Å². The topological polar surface area (TPSA) is 72.7 Å². The van der Waals surface area contributed by atoms with E-state index < -0.39 is 0 Å². The number of amides is 1. The van der Waals surface area contributed by atoms with Crippen LogP contribution < -0.4 is 5.32 Å². The highest BCUT2D eigenvalue weighted by molar-refractivity contribution is 8.00. The van der Waals surface area contributed by atoms with Crippen LogP contribution >= 0.6 is 11.8 Å². The van der Waals surface area contributed by atoms with Crippen LogP contribution in [0.1, 0.15) is 33.3 Å². The van der Waals surface area contributed by atoms with Crippen molar-refractivity contribution in [3.63, 3.8) is 0 Å². The number of nitrogens with zero attached hydrogens (tertiary/aromatic N) is 4. The van der Waals surface area contributed by atoms with Gasteiger partial charge in [-0.25, -0.2) is 0 Å². The summed E-state index contributed by atoms with van der Waals surface area (Å²) < 4.78 is 1.97. The molecule has 6 nitrogen and oxygen atoms in total. The van der Waals surface area contributed by atoms with Crippen molar-refractivity contribution in [3.8, 4) is 17.1 Å². The van der Waals surface area contributed by atoms with Crippen LogP contribution in [0.25, 0.3) is 17.1 Å². The average molecular weight is 458 g/mol. The van der Waals surface area contributed by atoms with E-state index in [1.54, 1.807) is 12.4 Å². The van der Waals surface area contributed by atoms with Gasteiger partial charge in [-0.2, -0.15) is 0 Å². The van der Waals surface area contributed by atoms with Gasteiger partial charge in [0.25, 0.3) is 0 Å². The number of para-hydroxylation sites is 1. The molecule has 0 fully saturated rings. The van der Waals surface area contributed by atoms with E-state index in [1.807, 2.05) is 66.1 Å². The molecule has 2 heterocycles. The molecule has 1 unspecified atom stereocenters. The van der Waals surface area contributed by atoms with E-state index in [1.165, 1.54) is 17.3 Å². The van der Waals surface area contributed by atoms with Crippen molar-refractivity contribution < 1.29 is 4.79 Å². The summed E-state index contributed by atoms with van der Waals surface area (Å²) in [4.78, 5) is 17.0. The van der Waals surface area contributed by atoms with Crippen LogP contribution in [0.15, 0.2) is 84.3 Å². The summed E-state index contributed by atoms with van der Waals surface area (Å²) in [6.07, 6.45) is 3.46. The van der Waals surface area contributed by atoms with Crippen LogP contribution in [0.4, 0.5) is 5.69 Å². The standard InChI is InChI=1S/C26H27N5OS/c1-18(24(32)28-21-12-10-20(11-13-21)26(2,3)4)33-25-30-29-23(19-14-16-27-17-15-19)31(25)22-8-6-5-7-9-22/h5-18H,1-4H3,(H,28,32). The van der Waals surface area contributed by atoms with Gasteiger partial charge in [-0.15, -0.1) is 10.2 Å². The second-order valence-corrected chi connectivity index (χ2v) is 10.1. The summed E-state index contributed by atoms with van der Waals surface area (Å²) >= 11 is 1.38. The van der Waals surface area contributed by atoms with Gasteiger partial charge in [0.1, 0.15) is 0 Å². The summed E-state index contributed by atoms with van der Waals surface area (Å²) in [5.74, 6) is 0.619. The summed E-state index contributed by atoms with van der Waals surface area (Å²) in [5.41, 5.74) is 3.91. The van der Waals surface area contributed by atoms with Gasteiger partial charge in [-0.3, -0.25) is 14.3 Å². The molecule has 0 aliphatic heterocycles. The molecule has 7 heteroatoms. The quantitative estimate of drug-likeness (QED) is 0.374. The molecule has 0 bridgehead atoms. The Hall–Kier alpha value is -3.45. The number of thioether (sulfide) groups is 1. The number of pyridine rings is 1. The van der Waals surface area contributed by atoms with Crippen molar-refractivity contribution in [1.82, 2.24) is 19.7 Å². The van der Waals surface area contributed by atoms with Crippen LogP contribution in [0, 0.1) is 0 Å².